The van der Waals surface area contributed by atoms with Gasteiger partial charge in [-0.1, -0.05) is 44.2 Å². The van der Waals surface area contributed by atoms with Crippen LogP contribution in [-0.2, 0) is 10.0 Å². The molecule has 4 aromatic rings. The van der Waals surface area contributed by atoms with Crippen LogP contribution < -0.4 is 15.8 Å². The Bertz CT molecular complexity index is 1370. The number of hydrogen-bond donors (Lipinski definition) is 2. The lowest BCUT2D eigenvalue weighted by atomic mass is 10.1. The van der Waals surface area contributed by atoms with E-state index in [-0.39, 0.29) is 16.5 Å². The number of hydrogen-bond acceptors (Lipinski definition) is 7. The molecule has 0 amide bonds. The van der Waals surface area contributed by atoms with E-state index >= 15 is 0 Å². The number of aromatic nitrogens is 2. The Labute approximate surface area is 193 Å². The summed E-state index contributed by atoms with van der Waals surface area (Å²) < 4.78 is 32.7. The number of rotatable bonds is 8. The topological polar surface area (TPSA) is 110 Å². The molecule has 0 radical (unpaired) electrons. The molecule has 0 atom stereocenters. The van der Waals surface area contributed by atoms with Crippen LogP contribution in [0.5, 0.6) is 11.6 Å². The van der Waals surface area contributed by atoms with Gasteiger partial charge in [-0.15, -0.1) is 0 Å². The van der Waals surface area contributed by atoms with Crippen LogP contribution in [0.25, 0.3) is 10.8 Å². The summed E-state index contributed by atoms with van der Waals surface area (Å²) in [4.78, 5) is 8.58. The number of sulfonamides is 1. The Morgan fingerprint density at radius 1 is 0.939 bits per heavy atom. The van der Waals surface area contributed by atoms with E-state index in [9.17, 15) is 8.42 Å². The van der Waals surface area contributed by atoms with Gasteiger partial charge in [0.05, 0.1) is 4.90 Å². The molecule has 3 N–H and O–H groups in total. The van der Waals surface area contributed by atoms with Crippen LogP contribution in [0.4, 0.5) is 17.2 Å². The molecule has 8 nitrogen and oxygen atoms in total. The molecule has 0 unspecified atom stereocenters. The fourth-order valence-corrected chi connectivity index (χ4v) is 4.92. The molecule has 0 aliphatic rings. The van der Waals surface area contributed by atoms with Gasteiger partial charge in [-0.05, 0) is 47.2 Å². The molecule has 1 heterocycles. The highest BCUT2D eigenvalue weighted by Gasteiger charge is 2.21. The quantitative estimate of drug-likeness (QED) is 0.387. The number of ether oxygens (including phenoxy) is 1. The van der Waals surface area contributed by atoms with Crippen LogP contribution >= 0.6 is 0 Å². The molecular formula is C24H25N5O3S. The van der Waals surface area contributed by atoms with Crippen molar-refractivity contribution in [2.45, 2.75) is 18.7 Å². The van der Waals surface area contributed by atoms with E-state index in [0.29, 0.717) is 30.3 Å². The molecule has 0 saturated carbocycles. The Balaban J connectivity index is 1.54. The van der Waals surface area contributed by atoms with E-state index in [1.165, 1.54) is 10.6 Å². The second-order valence-electron chi connectivity index (χ2n) is 7.29. The Morgan fingerprint density at radius 3 is 2.33 bits per heavy atom. The fourth-order valence-electron chi connectivity index (χ4n) is 3.46. The third-order valence-corrected chi connectivity index (χ3v) is 7.31. The van der Waals surface area contributed by atoms with E-state index in [1.54, 1.807) is 24.3 Å². The third-order valence-electron chi connectivity index (χ3n) is 5.24. The Morgan fingerprint density at radius 2 is 1.64 bits per heavy atom. The second kappa shape index (κ2) is 9.43. The van der Waals surface area contributed by atoms with E-state index < -0.39 is 10.0 Å². The first kappa shape index (κ1) is 22.5. The van der Waals surface area contributed by atoms with Gasteiger partial charge in [-0.25, -0.2) is 13.4 Å². The molecule has 170 valence electrons. The number of anilines is 3. The van der Waals surface area contributed by atoms with Crippen LogP contribution in [0.3, 0.4) is 0 Å². The first-order chi connectivity index (χ1) is 15.9. The first-order valence-corrected chi connectivity index (χ1v) is 12.0. The van der Waals surface area contributed by atoms with E-state index in [1.807, 2.05) is 56.3 Å². The van der Waals surface area contributed by atoms with Crippen molar-refractivity contribution in [2.24, 2.45) is 0 Å². The minimum absolute atomic E-state index is 0.225. The van der Waals surface area contributed by atoms with Gasteiger partial charge in [0.2, 0.25) is 15.9 Å². The number of benzene rings is 3. The van der Waals surface area contributed by atoms with Crippen molar-refractivity contribution in [3.05, 3.63) is 73.1 Å². The molecule has 0 spiro atoms. The van der Waals surface area contributed by atoms with Crippen LogP contribution in [0.15, 0.2) is 78.0 Å². The lowest BCUT2D eigenvalue weighted by Crippen LogP contribution is -2.30. The van der Waals surface area contributed by atoms with Crippen LogP contribution in [0, 0.1) is 0 Å². The highest BCUT2D eigenvalue weighted by atomic mass is 32.2. The van der Waals surface area contributed by atoms with Gasteiger partial charge in [0.1, 0.15) is 17.8 Å². The summed E-state index contributed by atoms with van der Waals surface area (Å²) >= 11 is 0. The summed E-state index contributed by atoms with van der Waals surface area (Å²) in [5, 5.41) is 5.25. The molecule has 3 aromatic carbocycles. The van der Waals surface area contributed by atoms with Crippen molar-refractivity contribution < 1.29 is 13.2 Å². The van der Waals surface area contributed by atoms with Gasteiger partial charge in [-0.2, -0.15) is 9.29 Å². The molecule has 0 fully saturated rings. The smallest absolute Gasteiger partial charge is 0.248 e. The summed E-state index contributed by atoms with van der Waals surface area (Å²) in [5.74, 6) is 1.19. The van der Waals surface area contributed by atoms with Crippen molar-refractivity contribution in [1.82, 2.24) is 14.3 Å². The molecule has 0 saturated heterocycles. The number of fused-ring (bicyclic) bond motifs is 1. The van der Waals surface area contributed by atoms with Crippen molar-refractivity contribution in [3.8, 4) is 11.6 Å². The van der Waals surface area contributed by atoms with Gasteiger partial charge >= 0.3 is 0 Å². The molecular weight excluding hydrogens is 438 g/mol. The fraction of sp³-hybridized carbons (Fsp3) is 0.167. The maximum absolute atomic E-state index is 12.7. The van der Waals surface area contributed by atoms with Crippen molar-refractivity contribution in [3.63, 3.8) is 0 Å². The standard InChI is InChI=1S/C24H25N5O3S/c1-3-29(4-2)33(30,31)21-13-10-19(11-14-21)28-23-22(25)24(27-16-26-23)32-20-12-9-17-7-5-6-8-18(17)15-20/h5-16H,3-4,25H2,1-2H3,(H,26,27,28). The number of nitrogens with two attached hydrogens (primary N) is 1. The highest BCUT2D eigenvalue weighted by Crippen LogP contribution is 2.32. The van der Waals surface area contributed by atoms with Gasteiger partial charge < -0.3 is 15.8 Å². The molecule has 4 rings (SSSR count). The van der Waals surface area contributed by atoms with Gasteiger partial charge in [0, 0.05) is 18.8 Å². The Hall–Kier alpha value is -3.69. The molecule has 1 aromatic heterocycles. The van der Waals surface area contributed by atoms with Crippen LogP contribution in [-0.4, -0.2) is 35.8 Å². The predicted molar refractivity (Wildman–Crippen MR) is 130 cm³/mol. The molecule has 0 aliphatic carbocycles. The lowest BCUT2D eigenvalue weighted by molar-refractivity contribution is 0.445. The van der Waals surface area contributed by atoms with E-state index in [0.717, 1.165) is 10.8 Å². The summed E-state index contributed by atoms with van der Waals surface area (Å²) in [7, 11) is -3.52. The normalized spacial score (nSPS) is 11.6. The van der Waals surface area contributed by atoms with Gasteiger partial charge in [-0.3, -0.25) is 0 Å². The third kappa shape index (κ3) is 4.74. The Kier molecular flexibility index (Phi) is 6.43. The summed E-state index contributed by atoms with van der Waals surface area (Å²) in [5.41, 5.74) is 7.13. The first-order valence-electron chi connectivity index (χ1n) is 10.6. The maximum Gasteiger partial charge on any atom is 0.248 e. The molecule has 33 heavy (non-hydrogen) atoms. The minimum Gasteiger partial charge on any atom is -0.437 e. The van der Waals surface area contributed by atoms with E-state index in [4.69, 9.17) is 10.5 Å². The largest absolute Gasteiger partial charge is 0.437 e. The molecule has 0 aliphatic heterocycles. The second-order valence-corrected chi connectivity index (χ2v) is 9.23. The van der Waals surface area contributed by atoms with Crippen LogP contribution in [0.2, 0.25) is 0 Å². The average molecular weight is 464 g/mol. The van der Waals surface area contributed by atoms with Crippen molar-refractivity contribution in [2.75, 3.05) is 24.1 Å². The van der Waals surface area contributed by atoms with Crippen molar-refractivity contribution >= 4 is 38.0 Å². The monoisotopic (exact) mass is 463 g/mol. The summed E-state index contributed by atoms with van der Waals surface area (Å²) in [6.45, 7) is 4.45. The van der Waals surface area contributed by atoms with Crippen molar-refractivity contribution in [1.29, 1.82) is 0 Å². The number of nitrogen functional groups attached to an aromatic ring is 1. The number of nitrogens with zero attached hydrogens (tertiary/aromatic N) is 3. The minimum atomic E-state index is -3.52. The lowest BCUT2D eigenvalue weighted by Gasteiger charge is -2.18. The maximum atomic E-state index is 12.7. The van der Waals surface area contributed by atoms with E-state index in [2.05, 4.69) is 15.3 Å². The zero-order valence-corrected chi connectivity index (χ0v) is 19.2. The summed E-state index contributed by atoms with van der Waals surface area (Å²) in [6.07, 6.45) is 1.36. The molecule has 0 bridgehead atoms. The number of nitrogens with one attached hydrogen (secondary N) is 1. The van der Waals surface area contributed by atoms with Crippen LogP contribution in [0.1, 0.15) is 13.8 Å². The average Bonchev–Trinajstić information content (AvgIpc) is 2.82. The highest BCUT2D eigenvalue weighted by molar-refractivity contribution is 7.89. The summed E-state index contributed by atoms with van der Waals surface area (Å²) in [6, 6.07) is 20.2. The molecule has 9 heteroatoms. The zero-order chi connectivity index (χ0) is 23.4. The van der Waals surface area contributed by atoms with Gasteiger partial charge in [0.15, 0.2) is 5.82 Å². The predicted octanol–water partition coefficient (Wildman–Crippen LogP) is 4.78. The SMILES string of the molecule is CCN(CC)S(=O)(=O)c1ccc(Nc2ncnc(Oc3ccc4ccccc4c3)c2N)cc1. The van der Waals surface area contributed by atoms with Gasteiger partial charge in [0.25, 0.3) is 0 Å². The zero-order valence-electron chi connectivity index (χ0n) is 18.4.